The highest BCUT2D eigenvalue weighted by molar-refractivity contribution is 6.32. The average molecular weight is 525 g/mol. The van der Waals surface area contributed by atoms with E-state index in [0.717, 1.165) is 50.8 Å². The second kappa shape index (κ2) is 11.6. The predicted molar refractivity (Wildman–Crippen MR) is 145 cm³/mol. The highest BCUT2D eigenvalue weighted by Gasteiger charge is 2.20. The number of methoxy groups -OCH3 is 1. The molecule has 2 aliphatic rings. The quantitative estimate of drug-likeness (QED) is 0.292. The van der Waals surface area contributed by atoms with Crippen LogP contribution in [0.4, 0.5) is 22.0 Å². The Morgan fingerprint density at radius 2 is 1.76 bits per heavy atom. The number of aromatic nitrogens is 2. The maximum atomic E-state index is 14.0. The van der Waals surface area contributed by atoms with Crippen LogP contribution in [0.5, 0.6) is 11.5 Å². The molecule has 2 fully saturated rings. The van der Waals surface area contributed by atoms with Crippen molar-refractivity contribution in [2.75, 3.05) is 48.5 Å². The number of ether oxygens (including phenoxy) is 2. The van der Waals surface area contributed by atoms with Crippen molar-refractivity contribution in [1.29, 1.82) is 0 Å². The summed E-state index contributed by atoms with van der Waals surface area (Å²) < 4.78 is 25.2. The van der Waals surface area contributed by atoms with Crippen LogP contribution in [-0.2, 0) is 6.61 Å². The molecule has 0 unspecified atom stereocenters. The van der Waals surface area contributed by atoms with Crippen LogP contribution in [0, 0.1) is 5.82 Å². The van der Waals surface area contributed by atoms with Crippen LogP contribution >= 0.6 is 11.6 Å². The summed E-state index contributed by atoms with van der Waals surface area (Å²) in [7, 11) is 1.53. The van der Waals surface area contributed by atoms with Crippen molar-refractivity contribution < 1.29 is 13.9 Å². The maximum absolute atomic E-state index is 14.0. The van der Waals surface area contributed by atoms with Gasteiger partial charge in [0.2, 0.25) is 5.95 Å². The highest BCUT2D eigenvalue weighted by atomic mass is 35.5. The summed E-state index contributed by atoms with van der Waals surface area (Å²) in [5, 5.41) is 4.73. The molecular weight excluding hydrogens is 495 g/mol. The van der Waals surface area contributed by atoms with Gasteiger partial charge in [-0.2, -0.15) is 15.1 Å². The van der Waals surface area contributed by atoms with Gasteiger partial charge >= 0.3 is 0 Å². The Morgan fingerprint density at radius 3 is 2.49 bits per heavy atom. The Labute approximate surface area is 221 Å². The molecule has 0 atom stereocenters. The van der Waals surface area contributed by atoms with Crippen molar-refractivity contribution in [2.24, 2.45) is 5.10 Å². The largest absolute Gasteiger partial charge is 0.493 e. The number of hydrogen-bond acceptors (Lipinski definition) is 8. The molecule has 0 spiro atoms. The molecule has 3 heterocycles. The van der Waals surface area contributed by atoms with E-state index in [2.05, 4.69) is 20.3 Å². The summed E-state index contributed by atoms with van der Waals surface area (Å²) in [6, 6.07) is 11.9. The lowest BCUT2D eigenvalue weighted by Crippen LogP contribution is -2.24. The lowest BCUT2D eigenvalue weighted by molar-refractivity contribution is 0.280. The Kier molecular flexibility index (Phi) is 7.89. The molecule has 0 saturated carbocycles. The molecule has 0 bridgehead atoms. The zero-order chi connectivity index (χ0) is 25.6. The normalized spacial score (nSPS) is 15.5. The fraction of sp³-hybridized carbons (Fsp3) is 0.370. The lowest BCUT2D eigenvalue weighted by Gasteiger charge is -2.21. The Balaban J connectivity index is 1.31. The van der Waals surface area contributed by atoms with Crippen LogP contribution in [-0.4, -0.2) is 49.5 Å². The van der Waals surface area contributed by atoms with Crippen molar-refractivity contribution in [3.63, 3.8) is 0 Å². The Morgan fingerprint density at radius 1 is 1.03 bits per heavy atom. The predicted octanol–water partition coefficient (Wildman–Crippen LogP) is 5.50. The monoisotopic (exact) mass is 524 g/mol. The number of halogens is 2. The van der Waals surface area contributed by atoms with Gasteiger partial charge in [0.05, 0.1) is 18.3 Å². The molecule has 0 radical (unpaired) electrons. The molecule has 3 aromatic rings. The van der Waals surface area contributed by atoms with E-state index >= 15 is 0 Å². The number of rotatable bonds is 9. The molecule has 37 heavy (non-hydrogen) atoms. The van der Waals surface area contributed by atoms with Crippen molar-refractivity contribution >= 4 is 35.4 Å². The van der Waals surface area contributed by atoms with Crippen LogP contribution in [0.15, 0.2) is 47.6 Å². The smallest absolute Gasteiger partial charge is 0.229 e. The topological polar surface area (TPSA) is 75.1 Å². The van der Waals surface area contributed by atoms with E-state index in [-0.39, 0.29) is 12.4 Å². The molecule has 0 amide bonds. The zero-order valence-electron chi connectivity index (χ0n) is 20.8. The molecule has 2 saturated heterocycles. The third kappa shape index (κ3) is 6.05. The van der Waals surface area contributed by atoms with Crippen LogP contribution < -0.4 is 24.7 Å². The van der Waals surface area contributed by atoms with Gasteiger partial charge in [0.15, 0.2) is 17.3 Å². The first-order valence-corrected chi connectivity index (χ1v) is 12.9. The average Bonchev–Trinajstić information content (AvgIpc) is 3.64. The summed E-state index contributed by atoms with van der Waals surface area (Å²) in [6.07, 6.45) is 6.29. The molecule has 194 valence electrons. The van der Waals surface area contributed by atoms with Crippen LogP contribution in [0.25, 0.3) is 0 Å². The standard InChI is InChI=1S/C27H30ClFN6O2/c1-36-23-15-19(14-21(28)26(23)37-18-20-8-2-3-9-22(20)29)17-30-33-24-16-25(34-10-4-5-11-34)32-27(31-24)35-12-6-7-13-35/h2-3,8-9,14-17H,4-7,10-13,18H2,1H3,(H,31,32,33)/b30-17-. The SMILES string of the molecule is COc1cc(/C=N\Nc2cc(N3CCCC3)nc(N3CCCC3)n2)cc(Cl)c1OCc1ccccc1F. The summed E-state index contributed by atoms with van der Waals surface area (Å²) in [5.74, 6) is 2.74. The minimum absolute atomic E-state index is 0.0319. The number of nitrogens with one attached hydrogen (secondary N) is 1. The van der Waals surface area contributed by atoms with E-state index in [1.807, 2.05) is 6.07 Å². The van der Waals surface area contributed by atoms with Crippen LogP contribution in [0.2, 0.25) is 5.02 Å². The molecule has 2 aliphatic heterocycles. The van der Waals surface area contributed by atoms with Crippen molar-refractivity contribution in [3.8, 4) is 11.5 Å². The Hall–Kier alpha value is -3.59. The molecule has 2 aromatic carbocycles. The van der Waals surface area contributed by atoms with E-state index < -0.39 is 0 Å². The first kappa shape index (κ1) is 25.1. The minimum atomic E-state index is -0.335. The molecule has 5 rings (SSSR count). The van der Waals surface area contributed by atoms with Gasteiger partial charge < -0.3 is 19.3 Å². The number of nitrogens with zero attached hydrogens (tertiary/aromatic N) is 5. The van der Waals surface area contributed by atoms with Crippen molar-refractivity contribution in [2.45, 2.75) is 32.3 Å². The molecule has 1 aromatic heterocycles. The number of benzene rings is 2. The second-order valence-electron chi connectivity index (χ2n) is 9.08. The first-order valence-electron chi connectivity index (χ1n) is 12.5. The van der Waals surface area contributed by atoms with Gasteiger partial charge in [-0.15, -0.1) is 0 Å². The number of anilines is 3. The van der Waals surface area contributed by atoms with Gasteiger partial charge in [-0.3, -0.25) is 5.43 Å². The summed E-state index contributed by atoms with van der Waals surface area (Å²) in [6.45, 7) is 3.97. The van der Waals surface area contributed by atoms with Gasteiger partial charge in [0.25, 0.3) is 0 Å². The fourth-order valence-electron chi connectivity index (χ4n) is 4.54. The lowest BCUT2D eigenvalue weighted by atomic mass is 10.2. The van der Waals surface area contributed by atoms with E-state index in [9.17, 15) is 4.39 Å². The summed E-state index contributed by atoms with van der Waals surface area (Å²) >= 11 is 6.49. The molecule has 0 aliphatic carbocycles. The van der Waals surface area contributed by atoms with E-state index in [0.29, 0.717) is 33.5 Å². The van der Waals surface area contributed by atoms with Crippen LogP contribution in [0.1, 0.15) is 36.8 Å². The zero-order valence-corrected chi connectivity index (χ0v) is 21.5. The number of hydrogen-bond donors (Lipinski definition) is 1. The first-order chi connectivity index (χ1) is 18.1. The number of hydrazone groups is 1. The van der Waals surface area contributed by atoms with E-state index in [1.54, 1.807) is 36.5 Å². The van der Waals surface area contributed by atoms with Crippen molar-refractivity contribution in [3.05, 3.63) is 64.4 Å². The summed E-state index contributed by atoms with van der Waals surface area (Å²) in [5.41, 5.74) is 4.20. The second-order valence-corrected chi connectivity index (χ2v) is 9.49. The van der Waals surface area contributed by atoms with Gasteiger partial charge in [-0.1, -0.05) is 29.8 Å². The van der Waals surface area contributed by atoms with E-state index in [1.165, 1.54) is 26.0 Å². The van der Waals surface area contributed by atoms with Crippen LogP contribution in [0.3, 0.4) is 0 Å². The van der Waals surface area contributed by atoms with Gasteiger partial charge in [-0.25, -0.2) is 4.39 Å². The fourth-order valence-corrected chi connectivity index (χ4v) is 4.81. The van der Waals surface area contributed by atoms with Gasteiger partial charge in [0, 0.05) is 37.8 Å². The molecule has 8 nitrogen and oxygen atoms in total. The van der Waals surface area contributed by atoms with Gasteiger partial charge in [0.1, 0.15) is 18.2 Å². The van der Waals surface area contributed by atoms with E-state index in [4.69, 9.17) is 31.0 Å². The van der Waals surface area contributed by atoms with Crippen molar-refractivity contribution in [1.82, 2.24) is 9.97 Å². The third-order valence-corrected chi connectivity index (χ3v) is 6.77. The Bertz CT molecular complexity index is 1230. The summed E-state index contributed by atoms with van der Waals surface area (Å²) in [4.78, 5) is 14.0. The maximum Gasteiger partial charge on any atom is 0.229 e. The minimum Gasteiger partial charge on any atom is -0.493 e. The molecule has 10 heteroatoms. The highest BCUT2D eigenvalue weighted by Crippen LogP contribution is 2.37. The van der Waals surface area contributed by atoms with Gasteiger partial charge in [-0.05, 0) is 49.4 Å². The third-order valence-electron chi connectivity index (χ3n) is 6.49. The molecule has 1 N–H and O–H groups in total. The molecular formula is C27H30ClFN6O2.